The van der Waals surface area contributed by atoms with Crippen LogP contribution in [0.4, 0.5) is 5.69 Å². The van der Waals surface area contributed by atoms with E-state index in [0.717, 1.165) is 12.8 Å². The minimum absolute atomic E-state index is 0.0774. The summed E-state index contributed by atoms with van der Waals surface area (Å²) in [6.07, 6.45) is 6.10. The number of hydrogen-bond acceptors (Lipinski definition) is 3. The summed E-state index contributed by atoms with van der Waals surface area (Å²) in [7, 11) is 2.01. The van der Waals surface area contributed by atoms with E-state index in [0.29, 0.717) is 29.4 Å². The van der Waals surface area contributed by atoms with Crippen molar-refractivity contribution in [2.75, 3.05) is 18.9 Å². The average molecular weight is 350 g/mol. The number of carbonyl (C=O) groups is 2. The molecule has 1 aliphatic rings. The third kappa shape index (κ3) is 4.58. The molecule has 0 spiro atoms. The van der Waals surface area contributed by atoms with Crippen LogP contribution < -0.4 is 5.32 Å². The number of amides is 1. The maximum absolute atomic E-state index is 12.8. The normalized spacial score (nSPS) is 15.0. The molecule has 0 saturated heterocycles. The van der Waals surface area contributed by atoms with Gasteiger partial charge in [0, 0.05) is 17.2 Å². The summed E-state index contributed by atoms with van der Waals surface area (Å²) in [5.74, 6) is -0.159. The third-order valence-corrected chi connectivity index (χ3v) is 5.07. The van der Waals surface area contributed by atoms with Gasteiger partial charge >= 0.3 is 0 Å². The third-order valence-electron chi connectivity index (χ3n) is 5.07. The van der Waals surface area contributed by atoms with E-state index >= 15 is 0 Å². The first kappa shape index (κ1) is 18.3. The van der Waals surface area contributed by atoms with Crippen LogP contribution in [0.25, 0.3) is 0 Å². The predicted octanol–water partition coefficient (Wildman–Crippen LogP) is 4.12. The second-order valence-corrected chi connectivity index (χ2v) is 7.00. The van der Waals surface area contributed by atoms with Crippen molar-refractivity contribution in [1.82, 2.24) is 4.90 Å². The molecule has 3 rings (SSSR count). The van der Waals surface area contributed by atoms with E-state index in [1.165, 1.54) is 19.3 Å². The van der Waals surface area contributed by atoms with Gasteiger partial charge in [-0.3, -0.25) is 14.5 Å². The van der Waals surface area contributed by atoms with Crippen molar-refractivity contribution >= 4 is 17.4 Å². The zero-order valence-electron chi connectivity index (χ0n) is 15.3. The molecule has 4 heteroatoms. The molecule has 0 aliphatic heterocycles. The average Bonchev–Trinajstić information content (AvgIpc) is 2.69. The van der Waals surface area contributed by atoms with E-state index in [1.54, 1.807) is 24.3 Å². The van der Waals surface area contributed by atoms with E-state index < -0.39 is 0 Å². The predicted molar refractivity (Wildman–Crippen MR) is 104 cm³/mol. The minimum Gasteiger partial charge on any atom is -0.324 e. The molecule has 0 radical (unpaired) electrons. The molecule has 136 valence electrons. The summed E-state index contributed by atoms with van der Waals surface area (Å²) >= 11 is 0. The van der Waals surface area contributed by atoms with Gasteiger partial charge in [0.25, 0.3) is 0 Å². The van der Waals surface area contributed by atoms with Gasteiger partial charge < -0.3 is 5.32 Å². The molecule has 1 aliphatic carbocycles. The Balaban J connectivity index is 1.68. The SMILES string of the molecule is CN(CC(=O)Nc1ccccc1C(=O)c1ccccc1)C1CCCCC1. The second kappa shape index (κ2) is 8.77. The summed E-state index contributed by atoms with van der Waals surface area (Å²) in [6.45, 7) is 0.346. The number of ketones is 1. The number of likely N-dealkylation sites (N-methyl/N-ethyl adjacent to an activating group) is 1. The van der Waals surface area contributed by atoms with Gasteiger partial charge in [-0.1, -0.05) is 61.7 Å². The van der Waals surface area contributed by atoms with E-state index in [4.69, 9.17) is 0 Å². The summed E-state index contributed by atoms with van der Waals surface area (Å²) < 4.78 is 0. The molecule has 1 N–H and O–H groups in total. The molecule has 0 bridgehead atoms. The Labute approximate surface area is 155 Å². The van der Waals surface area contributed by atoms with Crippen LogP contribution in [0, 0.1) is 0 Å². The molecule has 2 aromatic rings. The Morgan fingerprint density at radius 1 is 0.962 bits per heavy atom. The quantitative estimate of drug-likeness (QED) is 0.797. The number of nitrogens with one attached hydrogen (secondary N) is 1. The van der Waals surface area contributed by atoms with Gasteiger partial charge in [0.05, 0.1) is 12.2 Å². The van der Waals surface area contributed by atoms with Gasteiger partial charge in [0.15, 0.2) is 5.78 Å². The van der Waals surface area contributed by atoms with Crippen molar-refractivity contribution < 1.29 is 9.59 Å². The van der Waals surface area contributed by atoms with Crippen molar-refractivity contribution in [1.29, 1.82) is 0 Å². The lowest BCUT2D eigenvalue weighted by atomic mass is 9.94. The molecule has 26 heavy (non-hydrogen) atoms. The number of nitrogens with zero attached hydrogens (tertiary/aromatic N) is 1. The lowest BCUT2D eigenvalue weighted by Crippen LogP contribution is -2.39. The number of hydrogen-bond donors (Lipinski definition) is 1. The fourth-order valence-corrected chi connectivity index (χ4v) is 3.60. The smallest absolute Gasteiger partial charge is 0.238 e. The van der Waals surface area contributed by atoms with Crippen molar-refractivity contribution in [2.24, 2.45) is 0 Å². The Kier molecular flexibility index (Phi) is 6.18. The van der Waals surface area contributed by atoms with Gasteiger partial charge in [-0.05, 0) is 32.0 Å². The summed E-state index contributed by atoms with van der Waals surface area (Å²) in [6, 6.07) is 16.8. The van der Waals surface area contributed by atoms with Crippen LogP contribution in [0.2, 0.25) is 0 Å². The standard InChI is InChI=1S/C22H26N2O2/c1-24(18-12-6-3-7-13-18)16-21(25)23-20-15-9-8-14-19(20)22(26)17-10-4-2-5-11-17/h2,4-5,8-11,14-15,18H,3,6-7,12-13,16H2,1H3,(H,23,25). The second-order valence-electron chi connectivity index (χ2n) is 7.00. The fourth-order valence-electron chi connectivity index (χ4n) is 3.60. The molecular weight excluding hydrogens is 324 g/mol. The van der Waals surface area contributed by atoms with Gasteiger partial charge in [0.2, 0.25) is 5.91 Å². The molecule has 2 aromatic carbocycles. The maximum atomic E-state index is 12.8. The number of anilines is 1. The first-order chi connectivity index (χ1) is 12.6. The topological polar surface area (TPSA) is 49.4 Å². The Morgan fingerprint density at radius 2 is 1.62 bits per heavy atom. The Hall–Kier alpha value is -2.46. The zero-order valence-corrected chi connectivity index (χ0v) is 15.3. The highest BCUT2D eigenvalue weighted by Crippen LogP contribution is 2.22. The van der Waals surface area contributed by atoms with Crippen LogP contribution in [-0.2, 0) is 4.79 Å². The summed E-state index contributed by atoms with van der Waals surface area (Å²) in [5, 5.41) is 2.93. The summed E-state index contributed by atoms with van der Waals surface area (Å²) in [5.41, 5.74) is 1.71. The van der Waals surface area contributed by atoms with Gasteiger partial charge in [-0.2, -0.15) is 0 Å². The number of carbonyl (C=O) groups excluding carboxylic acids is 2. The highest BCUT2D eigenvalue weighted by molar-refractivity contribution is 6.13. The monoisotopic (exact) mass is 350 g/mol. The number of benzene rings is 2. The highest BCUT2D eigenvalue weighted by Gasteiger charge is 2.21. The summed E-state index contributed by atoms with van der Waals surface area (Å²) in [4.78, 5) is 27.4. The highest BCUT2D eigenvalue weighted by atomic mass is 16.2. The molecule has 0 aromatic heterocycles. The van der Waals surface area contributed by atoms with E-state index in [9.17, 15) is 9.59 Å². The van der Waals surface area contributed by atoms with Crippen LogP contribution in [0.3, 0.4) is 0 Å². The largest absolute Gasteiger partial charge is 0.324 e. The molecule has 1 fully saturated rings. The Bertz CT molecular complexity index is 752. The lowest BCUT2D eigenvalue weighted by molar-refractivity contribution is -0.117. The van der Waals surface area contributed by atoms with Crippen LogP contribution in [0.5, 0.6) is 0 Å². The first-order valence-electron chi connectivity index (χ1n) is 9.34. The van der Waals surface area contributed by atoms with Crippen LogP contribution in [0.15, 0.2) is 54.6 Å². The molecule has 4 nitrogen and oxygen atoms in total. The van der Waals surface area contributed by atoms with Crippen molar-refractivity contribution in [3.8, 4) is 0 Å². The van der Waals surface area contributed by atoms with E-state index in [2.05, 4.69) is 10.2 Å². The van der Waals surface area contributed by atoms with Crippen LogP contribution in [-0.4, -0.2) is 36.2 Å². The lowest BCUT2D eigenvalue weighted by Gasteiger charge is -2.30. The van der Waals surface area contributed by atoms with Gasteiger partial charge in [-0.25, -0.2) is 0 Å². The van der Waals surface area contributed by atoms with Gasteiger partial charge in [-0.15, -0.1) is 0 Å². The van der Waals surface area contributed by atoms with E-state index in [-0.39, 0.29) is 11.7 Å². The van der Waals surface area contributed by atoms with Crippen LogP contribution in [0.1, 0.15) is 48.0 Å². The van der Waals surface area contributed by atoms with Crippen LogP contribution >= 0.6 is 0 Å². The molecule has 0 atom stereocenters. The van der Waals surface area contributed by atoms with Gasteiger partial charge in [0.1, 0.15) is 0 Å². The fraction of sp³-hybridized carbons (Fsp3) is 0.364. The number of rotatable bonds is 6. The number of para-hydroxylation sites is 1. The van der Waals surface area contributed by atoms with Crippen molar-refractivity contribution in [3.63, 3.8) is 0 Å². The minimum atomic E-state index is -0.0814. The Morgan fingerprint density at radius 3 is 2.35 bits per heavy atom. The molecule has 0 unspecified atom stereocenters. The van der Waals surface area contributed by atoms with Crippen molar-refractivity contribution in [3.05, 3.63) is 65.7 Å². The molecule has 1 saturated carbocycles. The first-order valence-corrected chi connectivity index (χ1v) is 9.34. The molecule has 0 heterocycles. The van der Waals surface area contributed by atoms with Crippen molar-refractivity contribution in [2.45, 2.75) is 38.1 Å². The maximum Gasteiger partial charge on any atom is 0.238 e. The zero-order chi connectivity index (χ0) is 18.4. The molecule has 1 amide bonds. The van der Waals surface area contributed by atoms with E-state index in [1.807, 2.05) is 37.4 Å². The molecular formula is C22H26N2O2.